The molecule has 3 aromatic rings. The Hall–Kier alpha value is -3.19. The van der Waals surface area contributed by atoms with Gasteiger partial charge in [0.1, 0.15) is 5.75 Å². The Bertz CT molecular complexity index is 1040. The van der Waals surface area contributed by atoms with E-state index in [4.69, 9.17) is 9.26 Å². The highest BCUT2D eigenvalue weighted by molar-refractivity contribution is 5.79. The van der Waals surface area contributed by atoms with Crippen LogP contribution in [0.5, 0.6) is 5.75 Å². The SMILES string of the molecule is CCOc1ccc(C(C)NC(=O)C2CCN(Cc3nc(-c4ccc(C)cc4)no3)CC2)cc1. The van der Waals surface area contributed by atoms with Crippen LogP contribution in [0.25, 0.3) is 11.4 Å². The van der Waals surface area contributed by atoms with E-state index in [1.54, 1.807) is 0 Å². The second-order valence-corrected chi connectivity index (χ2v) is 8.66. The van der Waals surface area contributed by atoms with Crippen molar-refractivity contribution in [3.8, 4) is 17.1 Å². The zero-order valence-electron chi connectivity index (χ0n) is 19.6. The minimum absolute atomic E-state index is 0.0252. The van der Waals surface area contributed by atoms with E-state index < -0.39 is 0 Å². The van der Waals surface area contributed by atoms with Gasteiger partial charge in [-0.3, -0.25) is 9.69 Å². The van der Waals surface area contributed by atoms with E-state index in [-0.39, 0.29) is 17.9 Å². The van der Waals surface area contributed by atoms with Crippen LogP contribution in [-0.4, -0.2) is 40.6 Å². The van der Waals surface area contributed by atoms with Gasteiger partial charge in [-0.25, -0.2) is 0 Å². The first-order valence-electron chi connectivity index (χ1n) is 11.7. The van der Waals surface area contributed by atoms with Crippen molar-refractivity contribution in [3.05, 3.63) is 65.5 Å². The Balaban J connectivity index is 1.24. The first kappa shape index (κ1) is 23.0. The summed E-state index contributed by atoms with van der Waals surface area (Å²) in [5.74, 6) is 2.22. The first-order chi connectivity index (χ1) is 16.0. The van der Waals surface area contributed by atoms with Crippen molar-refractivity contribution >= 4 is 5.91 Å². The number of amides is 1. The molecule has 1 fully saturated rings. The van der Waals surface area contributed by atoms with Crippen molar-refractivity contribution in [3.63, 3.8) is 0 Å². The molecule has 174 valence electrons. The molecule has 0 spiro atoms. The van der Waals surface area contributed by atoms with E-state index in [1.165, 1.54) is 5.56 Å². The van der Waals surface area contributed by atoms with Crippen LogP contribution < -0.4 is 10.1 Å². The average molecular weight is 449 g/mol. The Kier molecular flexibility index (Phi) is 7.40. The highest BCUT2D eigenvalue weighted by Gasteiger charge is 2.27. The highest BCUT2D eigenvalue weighted by Crippen LogP contribution is 2.23. The van der Waals surface area contributed by atoms with E-state index >= 15 is 0 Å². The molecule has 1 aliphatic rings. The van der Waals surface area contributed by atoms with Gasteiger partial charge in [0.15, 0.2) is 0 Å². The molecule has 1 saturated heterocycles. The summed E-state index contributed by atoms with van der Waals surface area (Å²) in [6.45, 7) is 8.95. The molecule has 0 bridgehead atoms. The predicted molar refractivity (Wildman–Crippen MR) is 127 cm³/mol. The van der Waals surface area contributed by atoms with E-state index in [0.29, 0.717) is 24.9 Å². The Morgan fingerprint density at radius 1 is 1.15 bits per heavy atom. The van der Waals surface area contributed by atoms with Gasteiger partial charge in [0, 0.05) is 11.5 Å². The molecular formula is C26H32N4O3. The summed E-state index contributed by atoms with van der Waals surface area (Å²) in [4.78, 5) is 19.6. The Labute approximate surface area is 195 Å². The molecule has 4 rings (SSSR count). The van der Waals surface area contributed by atoms with Crippen molar-refractivity contribution in [1.29, 1.82) is 0 Å². The lowest BCUT2D eigenvalue weighted by Crippen LogP contribution is -2.40. The zero-order chi connectivity index (χ0) is 23.2. The highest BCUT2D eigenvalue weighted by atomic mass is 16.5. The molecule has 2 aromatic carbocycles. The monoisotopic (exact) mass is 448 g/mol. The van der Waals surface area contributed by atoms with Gasteiger partial charge < -0.3 is 14.6 Å². The number of ether oxygens (including phenoxy) is 1. The molecule has 7 heteroatoms. The number of nitrogens with one attached hydrogen (secondary N) is 1. The third-order valence-corrected chi connectivity index (χ3v) is 6.14. The molecule has 1 aromatic heterocycles. The van der Waals surface area contributed by atoms with Crippen LogP contribution in [0.15, 0.2) is 53.1 Å². The maximum absolute atomic E-state index is 12.8. The summed E-state index contributed by atoms with van der Waals surface area (Å²) >= 11 is 0. The van der Waals surface area contributed by atoms with Gasteiger partial charge in [-0.05, 0) is 64.4 Å². The number of hydrogen-bond acceptors (Lipinski definition) is 6. The van der Waals surface area contributed by atoms with Crippen molar-refractivity contribution in [2.45, 2.75) is 46.2 Å². The van der Waals surface area contributed by atoms with Gasteiger partial charge in [-0.15, -0.1) is 0 Å². The number of aromatic nitrogens is 2. The number of carbonyl (C=O) groups is 1. The molecule has 2 heterocycles. The standard InChI is InChI=1S/C26H32N4O3/c1-4-32-23-11-9-20(10-12-23)19(3)27-26(31)22-13-15-30(16-14-22)17-24-28-25(29-33-24)21-7-5-18(2)6-8-21/h5-12,19,22H,4,13-17H2,1-3H3,(H,27,31). The Morgan fingerprint density at radius 2 is 1.85 bits per heavy atom. The lowest BCUT2D eigenvalue weighted by molar-refractivity contribution is -0.127. The third kappa shape index (κ3) is 5.99. The fraction of sp³-hybridized carbons (Fsp3) is 0.423. The van der Waals surface area contributed by atoms with Gasteiger partial charge in [0.2, 0.25) is 17.6 Å². The second kappa shape index (κ2) is 10.6. The molecule has 0 radical (unpaired) electrons. The maximum Gasteiger partial charge on any atom is 0.241 e. The number of carbonyl (C=O) groups excluding carboxylic acids is 1. The molecule has 1 N–H and O–H groups in total. The van der Waals surface area contributed by atoms with Gasteiger partial charge >= 0.3 is 0 Å². The maximum atomic E-state index is 12.8. The van der Waals surface area contributed by atoms with E-state index in [1.807, 2.05) is 62.4 Å². The molecule has 1 unspecified atom stereocenters. The first-order valence-corrected chi connectivity index (χ1v) is 11.7. The van der Waals surface area contributed by atoms with Crippen LogP contribution in [0, 0.1) is 12.8 Å². The summed E-state index contributed by atoms with van der Waals surface area (Å²) < 4.78 is 11.0. The average Bonchev–Trinajstić information content (AvgIpc) is 3.29. The van der Waals surface area contributed by atoms with Crippen LogP contribution in [0.2, 0.25) is 0 Å². The number of nitrogens with zero attached hydrogens (tertiary/aromatic N) is 3. The molecule has 0 saturated carbocycles. The summed E-state index contributed by atoms with van der Waals surface area (Å²) in [5.41, 5.74) is 3.22. The fourth-order valence-corrected chi connectivity index (χ4v) is 4.12. The minimum atomic E-state index is -0.0372. The molecule has 7 nitrogen and oxygen atoms in total. The van der Waals surface area contributed by atoms with Gasteiger partial charge in [-0.2, -0.15) is 4.98 Å². The van der Waals surface area contributed by atoms with Crippen LogP contribution in [0.1, 0.15) is 49.7 Å². The van der Waals surface area contributed by atoms with Crippen LogP contribution in [-0.2, 0) is 11.3 Å². The second-order valence-electron chi connectivity index (χ2n) is 8.66. The Morgan fingerprint density at radius 3 is 2.52 bits per heavy atom. The number of piperidine rings is 1. The predicted octanol–water partition coefficient (Wildman–Crippen LogP) is 4.53. The summed E-state index contributed by atoms with van der Waals surface area (Å²) in [7, 11) is 0. The zero-order valence-corrected chi connectivity index (χ0v) is 19.6. The van der Waals surface area contributed by atoms with Crippen LogP contribution in [0.3, 0.4) is 0 Å². The molecular weight excluding hydrogens is 416 g/mol. The normalized spacial score (nSPS) is 15.8. The summed E-state index contributed by atoms with van der Waals surface area (Å²) in [6.07, 6.45) is 1.64. The topological polar surface area (TPSA) is 80.5 Å². The van der Waals surface area contributed by atoms with Crippen LogP contribution in [0.4, 0.5) is 0 Å². The molecule has 1 atom stereocenters. The number of benzene rings is 2. The molecule has 1 amide bonds. The molecule has 0 aliphatic carbocycles. The van der Waals surface area contributed by atoms with Crippen LogP contribution >= 0.6 is 0 Å². The van der Waals surface area contributed by atoms with Crippen molar-refractivity contribution in [1.82, 2.24) is 20.4 Å². The van der Waals surface area contributed by atoms with Gasteiger partial charge in [0.05, 0.1) is 19.2 Å². The molecule has 1 aliphatic heterocycles. The van der Waals surface area contributed by atoms with Crippen molar-refractivity contribution in [2.24, 2.45) is 5.92 Å². The van der Waals surface area contributed by atoms with E-state index in [9.17, 15) is 4.79 Å². The van der Waals surface area contributed by atoms with Gasteiger partial charge in [-0.1, -0.05) is 47.1 Å². The van der Waals surface area contributed by atoms with Crippen molar-refractivity contribution in [2.75, 3.05) is 19.7 Å². The number of hydrogen-bond donors (Lipinski definition) is 1. The quantitative estimate of drug-likeness (QED) is 0.545. The smallest absolute Gasteiger partial charge is 0.241 e. The lowest BCUT2D eigenvalue weighted by atomic mass is 9.95. The number of aryl methyl sites for hydroxylation is 1. The number of likely N-dealkylation sites (tertiary alicyclic amines) is 1. The number of rotatable bonds is 8. The summed E-state index contributed by atoms with van der Waals surface area (Å²) in [5, 5.41) is 7.29. The van der Waals surface area contributed by atoms with Crippen molar-refractivity contribution < 1.29 is 14.1 Å². The summed E-state index contributed by atoms with van der Waals surface area (Å²) in [6, 6.07) is 16.0. The van der Waals surface area contributed by atoms with Gasteiger partial charge in [0.25, 0.3) is 0 Å². The van der Waals surface area contributed by atoms with E-state index in [0.717, 1.165) is 42.8 Å². The molecule has 33 heavy (non-hydrogen) atoms. The van der Waals surface area contributed by atoms with E-state index in [2.05, 4.69) is 27.3 Å². The fourth-order valence-electron chi connectivity index (χ4n) is 4.12. The largest absolute Gasteiger partial charge is 0.494 e. The minimum Gasteiger partial charge on any atom is -0.494 e. The third-order valence-electron chi connectivity index (χ3n) is 6.14. The lowest BCUT2D eigenvalue weighted by Gasteiger charge is -2.30.